The Morgan fingerprint density at radius 2 is 1.63 bits per heavy atom. The van der Waals surface area contributed by atoms with Crippen LogP contribution in [0.15, 0.2) is 90.5 Å². The molecule has 1 amide bonds. The molecule has 1 saturated heterocycles. The fourth-order valence-corrected chi connectivity index (χ4v) is 6.88. The Kier molecular flexibility index (Phi) is 10.4. The van der Waals surface area contributed by atoms with Crippen LogP contribution in [0, 0.1) is 0 Å². The van der Waals surface area contributed by atoms with E-state index in [1.54, 1.807) is 32.2 Å². The summed E-state index contributed by atoms with van der Waals surface area (Å²) in [7, 11) is 1.59. The summed E-state index contributed by atoms with van der Waals surface area (Å²) < 4.78 is 9.04. The van der Waals surface area contributed by atoms with Crippen LogP contribution in [0.2, 0.25) is 10.0 Å². The molecule has 0 radical (unpaired) electrons. The van der Waals surface area contributed by atoms with Crippen LogP contribution in [-0.4, -0.2) is 61.3 Å². The highest BCUT2D eigenvalue weighted by Gasteiger charge is 2.21. The molecule has 2 aromatic carbocycles. The number of benzene rings is 2. The highest BCUT2D eigenvalue weighted by atomic mass is 35.5. The molecule has 1 aliphatic heterocycles. The van der Waals surface area contributed by atoms with E-state index in [1.807, 2.05) is 65.2 Å². The summed E-state index contributed by atoms with van der Waals surface area (Å²) >= 11 is 14.2. The third-order valence-electron chi connectivity index (χ3n) is 8.91. The van der Waals surface area contributed by atoms with Crippen LogP contribution < -0.4 is 26.2 Å². The lowest BCUT2D eigenvalue weighted by Crippen LogP contribution is -2.35. The fraction of sp³-hybridized carbons (Fsp3) is 0.243. The number of aromatic nitrogens is 6. The number of hydrogen-bond donors (Lipinski definition) is 3. The van der Waals surface area contributed by atoms with E-state index in [4.69, 9.17) is 32.9 Å². The Morgan fingerprint density at radius 1 is 0.902 bits per heavy atom. The normalized spacial score (nSPS) is 14.3. The molecule has 0 bridgehead atoms. The third kappa shape index (κ3) is 7.49. The van der Waals surface area contributed by atoms with Crippen molar-refractivity contribution in [1.29, 1.82) is 0 Å². The van der Waals surface area contributed by atoms with E-state index in [0.717, 1.165) is 39.8 Å². The molecule has 1 fully saturated rings. The van der Waals surface area contributed by atoms with Crippen LogP contribution in [0.5, 0.6) is 5.88 Å². The van der Waals surface area contributed by atoms with Gasteiger partial charge in [-0.1, -0.05) is 65.7 Å². The lowest BCUT2D eigenvalue weighted by molar-refractivity contribution is -0.119. The highest BCUT2D eigenvalue weighted by Crippen LogP contribution is 2.42. The van der Waals surface area contributed by atoms with Gasteiger partial charge in [-0.05, 0) is 30.2 Å². The lowest BCUT2D eigenvalue weighted by Gasteiger charge is -2.16. The van der Waals surface area contributed by atoms with E-state index in [-0.39, 0.29) is 17.5 Å². The number of halogens is 2. The van der Waals surface area contributed by atoms with Crippen molar-refractivity contribution in [2.45, 2.75) is 38.5 Å². The molecule has 260 valence electrons. The minimum absolute atomic E-state index is 0.0942. The Morgan fingerprint density at radius 3 is 2.37 bits per heavy atom. The first-order valence-corrected chi connectivity index (χ1v) is 17.3. The van der Waals surface area contributed by atoms with Gasteiger partial charge in [0.15, 0.2) is 0 Å². The quantitative estimate of drug-likeness (QED) is 0.138. The molecular weight excluding hydrogens is 689 g/mol. The van der Waals surface area contributed by atoms with Gasteiger partial charge in [-0.3, -0.25) is 14.0 Å². The van der Waals surface area contributed by atoms with Gasteiger partial charge in [-0.15, -0.1) is 10.2 Å². The molecule has 1 atom stereocenters. The predicted molar refractivity (Wildman–Crippen MR) is 197 cm³/mol. The number of pyridine rings is 2. The van der Waals surface area contributed by atoms with E-state index in [9.17, 15) is 9.59 Å². The van der Waals surface area contributed by atoms with Gasteiger partial charge in [0.25, 0.3) is 5.56 Å². The topological polar surface area (TPSA) is 140 Å². The van der Waals surface area contributed by atoms with Crippen molar-refractivity contribution in [2.75, 3.05) is 20.2 Å². The minimum Gasteiger partial charge on any atom is -0.481 e. The molecule has 3 N–H and O–H groups in total. The van der Waals surface area contributed by atoms with Crippen molar-refractivity contribution in [3.05, 3.63) is 117 Å². The summed E-state index contributed by atoms with van der Waals surface area (Å²) in [6, 6.07) is 19.3. The van der Waals surface area contributed by atoms with Crippen LogP contribution in [0.4, 0.5) is 0 Å². The van der Waals surface area contributed by atoms with Gasteiger partial charge in [-0.25, -0.2) is 9.97 Å². The first-order chi connectivity index (χ1) is 24.9. The number of carbonyl (C=O) groups is 1. The van der Waals surface area contributed by atoms with E-state index in [0.29, 0.717) is 72.0 Å². The second-order valence-electron chi connectivity index (χ2n) is 12.2. The number of amides is 1. The molecular formula is C37H35Cl2N9O3. The monoisotopic (exact) mass is 723 g/mol. The number of rotatable bonds is 13. The Hall–Kier alpha value is -5.14. The van der Waals surface area contributed by atoms with Crippen molar-refractivity contribution in [3.8, 4) is 39.4 Å². The number of hydrogen-bond acceptors (Lipinski definition) is 9. The maximum atomic E-state index is 13.2. The molecule has 0 saturated carbocycles. The van der Waals surface area contributed by atoms with Crippen molar-refractivity contribution in [3.63, 3.8) is 0 Å². The molecule has 7 rings (SSSR count). The summed E-state index contributed by atoms with van der Waals surface area (Å²) in [6.45, 7) is 2.94. The van der Waals surface area contributed by atoms with Gasteiger partial charge < -0.3 is 25.3 Å². The summed E-state index contributed by atoms with van der Waals surface area (Å²) in [6.07, 6.45) is 8.03. The van der Waals surface area contributed by atoms with Crippen molar-refractivity contribution in [1.82, 2.24) is 45.1 Å². The SMILES string of the molecule is COc1nc(-c2cccc(-c3cccc(-c4ccn5c(=O)c(CNCCn6cnnc6)cnc5c4)c3Cl)c2Cl)ccc1CNCC1CCC(=O)N1. The summed E-state index contributed by atoms with van der Waals surface area (Å²) in [5, 5.41) is 18.2. The van der Waals surface area contributed by atoms with Crippen LogP contribution >= 0.6 is 23.2 Å². The van der Waals surface area contributed by atoms with Gasteiger partial charge in [0, 0.05) is 91.0 Å². The second kappa shape index (κ2) is 15.4. The maximum absolute atomic E-state index is 13.2. The van der Waals surface area contributed by atoms with Gasteiger partial charge in [0.2, 0.25) is 11.8 Å². The number of nitrogens with zero attached hydrogens (tertiary/aromatic N) is 6. The maximum Gasteiger partial charge on any atom is 0.262 e. The molecule has 51 heavy (non-hydrogen) atoms. The Balaban J connectivity index is 1.10. The van der Waals surface area contributed by atoms with Crippen LogP contribution in [0.1, 0.15) is 24.0 Å². The zero-order valence-corrected chi connectivity index (χ0v) is 29.3. The van der Waals surface area contributed by atoms with Crippen molar-refractivity contribution >= 4 is 34.8 Å². The van der Waals surface area contributed by atoms with Gasteiger partial charge in [-0.2, -0.15) is 0 Å². The summed E-state index contributed by atoms with van der Waals surface area (Å²) in [4.78, 5) is 34.1. The number of fused-ring (bicyclic) bond motifs is 1. The fourth-order valence-electron chi connectivity index (χ4n) is 6.21. The standard InChI is InChI=1S/C37H35Cl2N9O3/c1-51-36-24(17-41-20-26-9-11-33(49)45-26)8-10-31(46-36)30-7-3-6-29(35(30)39)28-5-2-4-27(34(28)38)23-12-14-48-32(16-23)42-19-25(37(48)50)18-40-13-15-47-21-43-44-22-47/h2-8,10,12,14,16,19,21-22,26,40-41H,9,11,13,15,17-18,20H2,1H3,(H,45,49). The average molecular weight is 725 g/mol. The van der Waals surface area contributed by atoms with Crippen LogP contribution in [0.25, 0.3) is 39.2 Å². The van der Waals surface area contributed by atoms with Gasteiger partial charge in [0.05, 0.1) is 22.8 Å². The van der Waals surface area contributed by atoms with Crippen molar-refractivity contribution in [2.24, 2.45) is 0 Å². The first kappa shape index (κ1) is 34.3. The molecule has 6 aromatic rings. The van der Waals surface area contributed by atoms with E-state index in [2.05, 4.69) is 31.1 Å². The van der Waals surface area contributed by atoms with E-state index in [1.165, 1.54) is 4.40 Å². The summed E-state index contributed by atoms with van der Waals surface area (Å²) in [5.41, 5.74) is 6.33. The van der Waals surface area contributed by atoms with Gasteiger partial charge in [0.1, 0.15) is 18.3 Å². The largest absolute Gasteiger partial charge is 0.481 e. The number of ether oxygens (including phenoxy) is 1. The van der Waals surface area contributed by atoms with Gasteiger partial charge >= 0.3 is 0 Å². The van der Waals surface area contributed by atoms with E-state index >= 15 is 0 Å². The molecule has 12 nitrogen and oxygen atoms in total. The molecule has 1 unspecified atom stereocenters. The zero-order valence-electron chi connectivity index (χ0n) is 27.8. The number of methoxy groups -OCH3 is 1. The Labute approximate surface area is 303 Å². The van der Waals surface area contributed by atoms with Crippen LogP contribution in [0.3, 0.4) is 0 Å². The molecule has 5 heterocycles. The average Bonchev–Trinajstić information content (AvgIpc) is 3.83. The Bertz CT molecular complexity index is 2260. The predicted octanol–water partition coefficient (Wildman–Crippen LogP) is 5.16. The molecule has 4 aromatic heterocycles. The van der Waals surface area contributed by atoms with Crippen molar-refractivity contribution < 1.29 is 9.53 Å². The summed E-state index contributed by atoms with van der Waals surface area (Å²) in [5.74, 6) is 0.588. The first-order valence-electron chi connectivity index (χ1n) is 16.5. The number of nitrogens with one attached hydrogen (secondary N) is 3. The lowest BCUT2D eigenvalue weighted by atomic mass is 9.97. The van der Waals surface area contributed by atoms with Crippen LogP contribution in [-0.2, 0) is 24.4 Å². The molecule has 0 spiro atoms. The third-order valence-corrected chi connectivity index (χ3v) is 9.72. The highest BCUT2D eigenvalue weighted by molar-refractivity contribution is 6.39. The van der Waals surface area contributed by atoms with E-state index < -0.39 is 0 Å². The minimum atomic E-state index is -0.139. The number of carbonyl (C=O) groups excluding carboxylic acids is 1. The second-order valence-corrected chi connectivity index (χ2v) is 13.0. The smallest absolute Gasteiger partial charge is 0.262 e. The molecule has 1 aliphatic rings. The molecule has 14 heteroatoms. The zero-order chi connectivity index (χ0) is 35.3. The molecule has 0 aliphatic carbocycles.